The van der Waals surface area contributed by atoms with Crippen LogP contribution in [0.15, 0.2) is 52.2 Å². The molecular formula is C17H19N3O5S. The Bertz CT molecular complexity index is 922. The van der Waals surface area contributed by atoms with Crippen molar-refractivity contribution in [1.82, 2.24) is 5.01 Å². The highest BCUT2D eigenvalue weighted by Crippen LogP contribution is 2.34. The molecule has 26 heavy (non-hydrogen) atoms. The second-order valence-corrected chi connectivity index (χ2v) is 7.62. The van der Waals surface area contributed by atoms with Crippen LogP contribution in [0.3, 0.4) is 0 Å². The van der Waals surface area contributed by atoms with Gasteiger partial charge in [-0.25, -0.2) is 13.4 Å². The van der Waals surface area contributed by atoms with Crippen molar-refractivity contribution < 1.29 is 22.4 Å². The van der Waals surface area contributed by atoms with Crippen molar-refractivity contribution >= 4 is 27.3 Å². The summed E-state index contributed by atoms with van der Waals surface area (Å²) in [7, 11) is -2.01. The van der Waals surface area contributed by atoms with Crippen LogP contribution < -0.4 is 4.72 Å². The topological polar surface area (TPSA) is 101 Å². The molecule has 0 saturated carbocycles. The maximum atomic E-state index is 12.4. The Morgan fingerprint density at radius 3 is 2.77 bits per heavy atom. The number of nitrogens with one attached hydrogen (secondary N) is 1. The van der Waals surface area contributed by atoms with Gasteiger partial charge < -0.3 is 9.15 Å². The van der Waals surface area contributed by atoms with Gasteiger partial charge in [-0.15, -0.1) is 0 Å². The number of rotatable bonds is 6. The average molecular weight is 377 g/mol. The van der Waals surface area contributed by atoms with E-state index in [0.29, 0.717) is 29.1 Å². The first-order valence-electron chi connectivity index (χ1n) is 7.88. The van der Waals surface area contributed by atoms with Crippen molar-refractivity contribution in [3.63, 3.8) is 0 Å². The second-order valence-electron chi connectivity index (χ2n) is 5.87. The molecule has 1 aliphatic rings. The van der Waals surface area contributed by atoms with Crippen LogP contribution in [-0.2, 0) is 19.6 Å². The zero-order valence-corrected chi connectivity index (χ0v) is 15.2. The van der Waals surface area contributed by atoms with Crippen molar-refractivity contribution in [1.29, 1.82) is 0 Å². The molecule has 9 heteroatoms. The molecule has 3 rings (SSSR count). The lowest BCUT2D eigenvalue weighted by Gasteiger charge is -2.19. The molecule has 0 saturated heterocycles. The van der Waals surface area contributed by atoms with Gasteiger partial charge in [-0.05, 0) is 18.2 Å². The maximum Gasteiger partial charge on any atom is 0.269 e. The molecule has 0 spiro atoms. The third-order valence-corrected chi connectivity index (χ3v) is 4.43. The summed E-state index contributed by atoms with van der Waals surface area (Å²) in [6, 6.07) is 10.0. The molecule has 1 amide bonds. The quantitative estimate of drug-likeness (QED) is 0.829. The van der Waals surface area contributed by atoms with Gasteiger partial charge in [0.2, 0.25) is 10.0 Å². The van der Waals surface area contributed by atoms with Crippen LogP contribution >= 0.6 is 0 Å². The lowest BCUT2D eigenvalue weighted by Crippen LogP contribution is -2.29. The number of methoxy groups -OCH3 is 1. The van der Waals surface area contributed by atoms with Gasteiger partial charge >= 0.3 is 0 Å². The minimum atomic E-state index is -3.45. The van der Waals surface area contributed by atoms with Crippen LogP contribution in [0.25, 0.3) is 0 Å². The first kappa shape index (κ1) is 18.2. The third kappa shape index (κ3) is 3.94. The summed E-state index contributed by atoms with van der Waals surface area (Å²) < 4.78 is 36.1. The van der Waals surface area contributed by atoms with E-state index in [4.69, 9.17) is 9.15 Å². The van der Waals surface area contributed by atoms with Crippen molar-refractivity contribution in [3.8, 4) is 0 Å². The van der Waals surface area contributed by atoms with E-state index in [1.165, 1.54) is 18.4 Å². The monoisotopic (exact) mass is 377 g/mol. The average Bonchev–Trinajstić information content (AvgIpc) is 3.23. The van der Waals surface area contributed by atoms with Crippen LogP contribution in [0.4, 0.5) is 5.69 Å². The number of sulfonamides is 1. The molecule has 2 aromatic rings. The van der Waals surface area contributed by atoms with E-state index in [1.54, 1.807) is 36.4 Å². The summed E-state index contributed by atoms with van der Waals surface area (Å²) in [6.45, 7) is -0.114. The number of hydrogen-bond donors (Lipinski definition) is 1. The van der Waals surface area contributed by atoms with Gasteiger partial charge in [-0.1, -0.05) is 18.2 Å². The van der Waals surface area contributed by atoms with E-state index in [-0.39, 0.29) is 12.5 Å². The number of nitrogens with zero attached hydrogens (tertiary/aromatic N) is 2. The van der Waals surface area contributed by atoms with Crippen molar-refractivity contribution in [2.75, 3.05) is 24.7 Å². The number of benzene rings is 1. The van der Waals surface area contributed by atoms with Crippen LogP contribution in [-0.4, -0.2) is 45.0 Å². The molecule has 2 heterocycles. The predicted octanol–water partition coefficient (Wildman–Crippen LogP) is 1.98. The Labute approximate surface area is 151 Å². The zero-order chi connectivity index (χ0) is 18.7. The number of ether oxygens (including phenoxy) is 1. The van der Waals surface area contributed by atoms with Gasteiger partial charge in [0, 0.05) is 19.1 Å². The fourth-order valence-electron chi connectivity index (χ4n) is 2.82. The SMILES string of the molecule is COCC(=O)N1N=C(c2ccccc2NS(C)(=O)=O)C[C@H]1c1ccco1. The molecule has 1 atom stereocenters. The highest BCUT2D eigenvalue weighted by Gasteiger charge is 2.35. The number of carbonyl (C=O) groups excluding carboxylic acids is 1. The van der Waals surface area contributed by atoms with E-state index in [0.717, 1.165) is 6.26 Å². The number of amides is 1. The normalized spacial score (nSPS) is 17.2. The Balaban J connectivity index is 1.98. The highest BCUT2D eigenvalue weighted by molar-refractivity contribution is 7.92. The summed E-state index contributed by atoms with van der Waals surface area (Å²) in [4.78, 5) is 12.4. The molecule has 0 bridgehead atoms. The third-order valence-electron chi connectivity index (χ3n) is 3.84. The summed E-state index contributed by atoms with van der Waals surface area (Å²) in [6.07, 6.45) is 3.01. The lowest BCUT2D eigenvalue weighted by molar-refractivity contribution is -0.137. The molecular weight excluding hydrogens is 358 g/mol. The predicted molar refractivity (Wildman–Crippen MR) is 96.2 cm³/mol. The Hall–Kier alpha value is -2.65. The summed E-state index contributed by atoms with van der Waals surface area (Å²) in [5.74, 6) is 0.291. The minimum Gasteiger partial charge on any atom is -0.467 e. The number of furan rings is 1. The zero-order valence-electron chi connectivity index (χ0n) is 14.4. The van der Waals surface area contributed by atoms with Crippen LogP contribution in [0.2, 0.25) is 0 Å². The highest BCUT2D eigenvalue weighted by atomic mass is 32.2. The molecule has 8 nitrogen and oxygen atoms in total. The van der Waals surface area contributed by atoms with E-state index < -0.39 is 16.1 Å². The Kier molecular flexibility index (Phi) is 5.10. The second kappa shape index (κ2) is 7.30. The molecule has 0 aliphatic carbocycles. The number of anilines is 1. The molecule has 1 aliphatic heterocycles. The van der Waals surface area contributed by atoms with E-state index >= 15 is 0 Å². The fourth-order valence-corrected chi connectivity index (χ4v) is 3.40. The number of hydrogen-bond acceptors (Lipinski definition) is 6. The van der Waals surface area contributed by atoms with Gasteiger partial charge in [0.1, 0.15) is 18.4 Å². The smallest absolute Gasteiger partial charge is 0.269 e. The summed E-state index contributed by atoms with van der Waals surface area (Å²) >= 11 is 0. The maximum absolute atomic E-state index is 12.4. The molecule has 1 N–H and O–H groups in total. The number of hydrazone groups is 1. The molecule has 1 aromatic heterocycles. The summed E-state index contributed by atoms with van der Waals surface area (Å²) in [5.41, 5.74) is 1.61. The van der Waals surface area contributed by atoms with Crippen molar-refractivity contribution in [3.05, 3.63) is 54.0 Å². The minimum absolute atomic E-state index is 0.114. The van der Waals surface area contributed by atoms with E-state index in [2.05, 4.69) is 9.82 Å². The Morgan fingerprint density at radius 2 is 2.12 bits per heavy atom. The lowest BCUT2D eigenvalue weighted by atomic mass is 10.0. The van der Waals surface area contributed by atoms with Gasteiger partial charge in [-0.3, -0.25) is 9.52 Å². The van der Waals surface area contributed by atoms with Gasteiger partial charge in [0.15, 0.2) is 0 Å². The molecule has 0 radical (unpaired) electrons. The summed E-state index contributed by atoms with van der Waals surface area (Å²) in [5, 5.41) is 5.76. The first-order valence-corrected chi connectivity index (χ1v) is 9.77. The van der Waals surface area contributed by atoms with Crippen LogP contribution in [0.1, 0.15) is 23.8 Å². The van der Waals surface area contributed by atoms with Crippen molar-refractivity contribution in [2.24, 2.45) is 5.10 Å². The van der Waals surface area contributed by atoms with Crippen LogP contribution in [0.5, 0.6) is 0 Å². The van der Waals surface area contributed by atoms with Crippen molar-refractivity contribution in [2.45, 2.75) is 12.5 Å². The van der Waals surface area contributed by atoms with Crippen LogP contribution in [0, 0.1) is 0 Å². The van der Waals surface area contributed by atoms with Gasteiger partial charge in [-0.2, -0.15) is 5.10 Å². The van der Waals surface area contributed by atoms with E-state index in [1.807, 2.05) is 0 Å². The van der Waals surface area contributed by atoms with E-state index in [9.17, 15) is 13.2 Å². The molecule has 138 valence electrons. The van der Waals surface area contributed by atoms with Gasteiger partial charge in [0.25, 0.3) is 5.91 Å². The Morgan fingerprint density at radius 1 is 1.35 bits per heavy atom. The van der Waals surface area contributed by atoms with Gasteiger partial charge in [0.05, 0.1) is 23.9 Å². The fraction of sp³-hybridized carbons (Fsp3) is 0.294. The molecule has 0 unspecified atom stereocenters. The largest absolute Gasteiger partial charge is 0.467 e. The molecule has 1 aromatic carbocycles. The first-order chi connectivity index (χ1) is 12.4. The molecule has 0 fully saturated rings. The number of carbonyl (C=O) groups is 1. The standard InChI is InChI=1S/C17H19N3O5S/c1-24-11-17(21)20-15(16-8-5-9-25-16)10-14(18-20)12-6-3-4-7-13(12)19-26(2,22)23/h3-9,15,19H,10-11H2,1-2H3/t15-/m0/s1. The number of para-hydroxylation sites is 1.